The molecule has 3 heterocycles. The first-order valence-corrected chi connectivity index (χ1v) is 9.66. The van der Waals surface area contributed by atoms with Gasteiger partial charge in [-0.2, -0.15) is 10.2 Å². The second-order valence-electron chi connectivity index (χ2n) is 7.67. The molecule has 150 valence electrons. The lowest BCUT2D eigenvalue weighted by molar-refractivity contribution is 0.0918. The first-order valence-electron chi connectivity index (χ1n) is 9.66. The molecule has 1 amide bonds. The number of imidazole rings is 1. The van der Waals surface area contributed by atoms with E-state index in [1.54, 1.807) is 6.07 Å². The Hall–Kier alpha value is -3.42. The summed E-state index contributed by atoms with van der Waals surface area (Å²) in [6.07, 6.45) is 0. The van der Waals surface area contributed by atoms with Crippen LogP contribution >= 0.6 is 0 Å². The van der Waals surface area contributed by atoms with Crippen LogP contribution in [0.4, 0.5) is 0 Å². The van der Waals surface area contributed by atoms with Crippen LogP contribution in [0.3, 0.4) is 0 Å². The average molecular weight is 391 g/mol. The van der Waals surface area contributed by atoms with E-state index in [2.05, 4.69) is 44.4 Å². The van der Waals surface area contributed by atoms with E-state index in [-0.39, 0.29) is 17.9 Å². The highest BCUT2D eigenvalue weighted by molar-refractivity contribution is 5.93. The highest BCUT2D eigenvalue weighted by Gasteiger charge is 2.24. The normalized spacial score (nSPS) is 12.6. The van der Waals surface area contributed by atoms with Gasteiger partial charge >= 0.3 is 0 Å². The van der Waals surface area contributed by atoms with Crippen molar-refractivity contribution in [3.63, 3.8) is 0 Å². The summed E-state index contributed by atoms with van der Waals surface area (Å²) >= 11 is 0. The van der Waals surface area contributed by atoms with Crippen LogP contribution in [0.5, 0.6) is 0 Å². The molecule has 1 aromatic carbocycles. The largest absolute Gasteiger partial charge is 0.341 e. The van der Waals surface area contributed by atoms with E-state index in [0.717, 1.165) is 33.8 Å². The van der Waals surface area contributed by atoms with Crippen LogP contribution in [-0.4, -0.2) is 35.9 Å². The minimum absolute atomic E-state index is 0.157. The number of rotatable bonds is 5. The zero-order chi connectivity index (χ0) is 20.7. The highest BCUT2D eigenvalue weighted by atomic mass is 16.2. The molecule has 8 heteroatoms. The van der Waals surface area contributed by atoms with E-state index in [4.69, 9.17) is 0 Å². The van der Waals surface area contributed by atoms with Gasteiger partial charge in [0, 0.05) is 18.3 Å². The molecule has 4 rings (SSSR count). The molecule has 8 nitrogen and oxygen atoms in total. The number of hydrogen-bond donors (Lipinski definition) is 3. The van der Waals surface area contributed by atoms with Crippen LogP contribution in [0.1, 0.15) is 47.6 Å². The van der Waals surface area contributed by atoms with Gasteiger partial charge < -0.3 is 10.3 Å². The fraction of sp³-hybridized carbons (Fsp3) is 0.333. The topological polar surface area (TPSA) is 104 Å². The maximum atomic E-state index is 12.9. The van der Waals surface area contributed by atoms with Crippen molar-refractivity contribution >= 4 is 16.9 Å². The number of amides is 1. The molecule has 0 aliphatic rings. The lowest BCUT2D eigenvalue weighted by Gasteiger charge is -2.19. The molecule has 0 bridgehead atoms. The van der Waals surface area contributed by atoms with Gasteiger partial charge in [-0.1, -0.05) is 26.0 Å². The number of aromatic amines is 2. The fourth-order valence-corrected chi connectivity index (χ4v) is 3.60. The molecule has 0 saturated heterocycles. The lowest BCUT2D eigenvalue weighted by atomic mass is 10.0. The van der Waals surface area contributed by atoms with Gasteiger partial charge in [0.1, 0.15) is 11.5 Å². The van der Waals surface area contributed by atoms with Gasteiger partial charge in [0.2, 0.25) is 0 Å². The molecular weight excluding hydrogens is 366 g/mol. The van der Waals surface area contributed by atoms with Crippen LogP contribution in [-0.2, 0) is 7.05 Å². The number of carbonyl (C=O) groups excluding carboxylic acids is 1. The molecule has 1 atom stereocenters. The standard InChI is InChI=1S/C21H25N7O/c1-11(2)19(20-22-14-8-6-7-9-15(14)23-20)24-21(29)17-10-16(25-26-17)18-12(3)27-28(5)13(18)4/h6-11,19H,1-5H3,(H,22,23)(H,24,29)(H,25,26). The van der Waals surface area contributed by atoms with Crippen molar-refractivity contribution in [1.29, 1.82) is 0 Å². The smallest absolute Gasteiger partial charge is 0.269 e. The van der Waals surface area contributed by atoms with Crippen molar-refractivity contribution in [2.24, 2.45) is 13.0 Å². The SMILES string of the molecule is Cc1nn(C)c(C)c1-c1cc(C(=O)NC(c2nc3ccccc3[nH]2)C(C)C)[nH]n1. The van der Waals surface area contributed by atoms with Crippen LogP contribution < -0.4 is 5.32 Å². The summed E-state index contributed by atoms with van der Waals surface area (Å²) in [4.78, 5) is 20.9. The van der Waals surface area contributed by atoms with Gasteiger partial charge in [0.05, 0.1) is 28.5 Å². The Bertz CT molecular complexity index is 1150. The molecule has 3 aromatic heterocycles. The Balaban J connectivity index is 1.60. The number of carbonyl (C=O) groups is 1. The van der Waals surface area contributed by atoms with Crippen molar-refractivity contribution in [2.45, 2.75) is 33.7 Å². The summed E-state index contributed by atoms with van der Waals surface area (Å²) in [6.45, 7) is 8.03. The second kappa shape index (κ2) is 7.20. The van der Waals surface area contributed by atoms with Crippen molar-refractivity contribution < 1.29 is 4.79 Å². The van der Waals surface area contributed by atoms with E-state index in [1.807, 2.05) is 49.8 Å². The zero-order valence-corrected chi connectivity index (χ0v) is 17.2. The van der Waals surface area contributed by atoms with Gasteiger partial charge in [0.15, 0.2) is 0 Å². The van der Waals surface area contributed by atoms with Crippen molar-refractivity contribution in [3.8, 4) is 11.3 Å². The van der Waals surface area contributed by atoms with Crippen LogP contribution in [0.25, 0.3) is 22.3 Å². The Kier molecular flexibility index (Phi) is 4.70. The lowest BCUT2D eigenvalue weighted by Crippen LogP contribution is -2.32. The number of para-hydroxylation sites is 2. The van der Waals surface area contributed by atoms with Crippen molar-refractivity contribution in [3.05, 3.63) is 53.2 Å². The molecule has 29 heavy (non-hydrogen) atoms. The summed E-state index contributed by atoms with van der Waals surface area (Å²) < 4.78 is 1.81. The Labute approximate surface area is 168 Å². The molecule has 0 fully saturated rings. The summed E-state index contributed by atoms with van der Waals surface area (Å²) in [5, 5.41) is 14.7. The van der Waals surface area contributed by atoms with E-state index >= 15 is 0 Å². The Morgan fingerprint density at radius 2 is 1.97 bits per heavy atom. The number of benzene rings is 1. The number of aryl methyl sites for hydroxylation is 2. The molecule has 1 unspecified atom stereocenters. The summed E-state index contributed by atoms with van der Waals surface area (Å²) in [7, 11) is 1.90. The molecule has 4 aromatic rings. The summed E-state index contributed by atoms with van der Waals surface area (Å²) in [6, 6.07) is 9.36. The van der Waals surface area contributed by atoms with E-state index in [1.165, 1.54) is 0 Å². The molecular formula is C21H25N7O. The maximum absolute atomic E-state index is 12.9. The third-order valence-electron chi connectivity index (χ3n) is 5.24. The van der Waals surface area contributed by atoms with Gasteiger partial charge in [-0.25, -0.2) is 4.98 Å². The van der Waals surface area contributed by atoms with E-state index < -0.39 is 0 Å². The van der Waals surface area contributed by atoms with Crippen LogP contribution in [0.15, 0.2) is 30.3 Å². The highest BCUT2D eigenvalue weighted by Crippen LogP contribution is 2.26. The predicted molar refractivity (Wildman–Crippen MR) is 111 cm³/mol. The Morgan fingerprint density at radius 1 is 1.21 bits per heavy atom. The number of nitrogens with one attached hydrogen (secondary N) is 3. The molecule has 0 aliphatic heterocycles. The molecule has 0 radical (unpaired) electrons. The molecule has 3 N–H and O–H groups in total. The van der Waals surface area contributed by atoms with Crippen molar-refractivity contribution in [1.82, 2.24) is 35.3 Å². The predicted octanol–water partition coefficient (Wildman–Crippen LogP) is 3.43. The molecule has 0 aliphatic carbocycles. The number of fused-ring (bicyclic) bond motifs is 1. The number of aromatic nitrogens is 6. The number of H-pyrrole nitrogens is 2. The number of nitrogens with zero attached hydrogens (tertiary/aromatic N) is 4. The minimum Gasteiger partial charge on any atom is -0.341 e. The minimum atomic E-state index is -0.247. The van der Waals surface area contributed by atoms with Crippen LogP contribution in [0.2, 0.25) is 0 Å². The van der Waals surface area contributed by atoms with Gasteiger partial charge in [-0.3, -0.25) is 14.6 Å². The second-order valence-corrected chi connectivity index (χ2v) is 7.67. The third kappa shape index (κ3) is 3.41. The molecule has 0 spiro atoms. The van der Waals surface area contributed by atoms with Gasteiger partial charge in [-0.05, 0) is 38.0 Å². The van der Waals surface area contributed by atoms with Gasteiger partial charge in [0.25, 0.3) is 5.91 Å². The molecule has 0 saturated carbocycles. The first-order chi connectivity index (χ1) is 13.8. The summed E-state index contributed by atoms with van der Waals surface area (Å²) in [5.41, 5.74) is 5.78. The monoisotopic (exact) mass is 391 g/mol. The average Bonchev–Trinajstić information content (AvgIpc) is 3.37. The Morgan fingerprint density at radius 3 is 2.62 bits per heavy atom. The maximum Gasteiger partial charge on any atom is 0.269 e. The van der Waals surface area contributed by atoms with Crippen LogP contribution in [0, 0.1) is 19.8 Å². The van der Waals surface area contributed by atoms with E-state index in [9.17, 15) is 4.79 Å². The summed E-state index contributed by atoms with van der Waals surface area (Å²) in [5.74, 6) is 0.681. The quantitative estimate of drug-likeness (QED) is 0.485. The third-order valence-corrected chi connectivity index (χ3v) is 5.24. The van der Waals surface area contributed by atoms with Gasteiger partial charge in [-0.15, -0.1) is 0 Å². The number of hydrogen-bond acceptors (Lipinski definition) is 4. The zero-order valence-electron chi connectivity index (χ0n) is 17.2. The first kappa shape index (κ1) is 18.9. The van der Waals surface area contributed by atoms with Crippen molar-refractivity contribution in [2.75, 3.05) is 0 Å². The van der Waals surface area contributed by atoms with E-state index in [0.29, 0.717) is 11.4 Å². The fourth-order valence-electron chi connectivity index (χ4n) is 3.60.